The predicted octanol–water partition coefficient (Wildman–Crippen LogP) is -0.936. The van der Waals surface area contributed by atoms with E-state index in [0.717, 1.165) is 17.4 Å². The Morgan fingerprint density at radius 1 is 1.21 bits per heavy atom. The van der Waals surface area contributed by atoms with E-state index in [-0.39, 0.29) is 37.7 Å². The molecule has 0 bridgehead atoms. The van der Waals surface area contributed by atoms with Crippen LogP contribution in [0, 0.1) is 0 Å². The van der Waals surface area contributed by atoms with Gasteiger partial charge in [-0.15, -0.1) is 0 Å². The van der Waals surface area contributed by atoms with Gasteiger partial charge in [0.1, 0.15) is 18.7 Å². The number of carbonyl (C=O) groups is 2. The van der Waals surface area contributed by atoms with Gasteiger partial charge in [0.25, 0.3) is 0 Å². The molecule has 2 rings (SSSR count). The highest BCUT2D eigenvalue weighted by atomic mass is 16.5. The summed E-state index contributed by atoms with van der Waals surface area (Å²) >= 11 is 0. The fourth-order valence-corrected chi connectivity index (χ4v) is 2.82. The second kappa shape index (κ2) is 10.8. The van der Waals surface area contributed by atoms with Gasteiger partial charge >= 0.3 is 5.69 Å². The van der Waals surface area contributed by atoms with Gasteiger partial charge in [0.2, 0.25) is 17.8 Å². The van der Waals surface area contributed by atoms with Crippen molar-refractivity contribution in [3.63, 3.8) is 0 Å². The summed E-state index contributed by atoms with van der Waals surface area (Å²) in [6, 6.07) is 0. The number of hydrogen-bond donors (Lipinski definition) is 5. The Morgan fingerprint density at radius 3 is 2.46 bits per heavy atom. The summed E-state index contributed by atoms with van der Waals surface area (Å²) < 4.78 is 6.47. The zero-order valence-electron chi connectivity index (χ0n) is 15.3. The molecule has 3 atom stereocenters. The number of amides is 2. The van der Waals surface area contributed by atoms with Crippen LogP contribution in [0.2, 0.25) is 0 Å². The van der Waals surface area contributed by atoms with Gasteiger partial charge in [-0.3, -0.25) is 24.7 Å². The van der Waals surface area contributed by atoms with Crippen molar-refractivity contribution in [2.45, 2.75) is 63.4 Å². The molecular weight excluding hydrogens is 374 g/mol. The first-order valence-corrected chi connectivity index (χ1v) is 9.07. The lowest BCUT2D eigenvalue weighted by Crippen LogP contribution is -2.29. The number of nitrogens with one attached hydrogen (secondary N) is 2. The number of rotatable bonds is 10. The second-order valence-electron chi connectivity index (χ2n) is 6.48. The molecule has 28 heavy (non-hydrogen) atoms. The van der Waals surface area contributed by atoms with E-state index in [1.54, 1.807) is 5.48 Å². The average molecular weight is 399 g/mol. The van der Waals surface area contributed by atoms with Crippen LogP contribution in [0.4, 0.5) is 5.95 Å². The standard InChI is InChI=1S/C16H25N5O7/c22-8-11-10(23)7-14(28-11)21-9-17-15(19-16(21)26)18-12(24)5-3-1-2-4-6-13(25)20-27/h9-11,14,22-23,27H,1-8H2,(H,20,25)(H,18,19,24,26)/t10-,11+,14+/m0/s1. The molecule has 0 spiro atoms. The lowest BCUT2D eigenvalue weighted by Gasteiger charge is -2.14. The van der Waals surface area contributed by atoms with E-state index in [2.05, 4.69) is 15.3 Å². The number of unbranched alkanes of at least 4 members (excludes halogenated alkanes) is 3. The summed E-state index contributed by atoms with van der Waals surface area (Å²) in [6.07, 6.45) is 2.00. The quantitative estimate of drug-likeness (QED) is 0.189. The molecule has 1 saturated heterocycles. The van der Waals surface area contributed by atoms with Crippen LogP contribution in [-0.2, 0) is 14.3 Å². The van der Waals surface area contributed by atoms with Crippen LogP contribution in [0.1, 0.15) is 51.2 Å². The Bertz CT molecular complexity index is 726. The van der Waals surface area contributed by atoms with Crippen LogP contribution in [-0.4, -0.2) is 60.6 Å². The van der Waals surface area contributed by atoms with Crippen molar-refractivity contribution in [3.05, 3.63) is 16.8 Å². The Balaban J connectivity index is 1.75. The first kappa shape index (κ1) is 21.9. The number of aromatic nitrogens is 3. The predicted molar refractivity (Wildman–Crippen MR) is 94.2 cm³/mol. The van der Waals surface area contributed by atoms with E-state index < -0.39 is 30.0 Å². The van der Waals surface area contributed by atoms with Crippen LogP contribution in [0.15, 0.2) is 11.1 Å². The fourth-order valence-electron chi connectivity index (χ4n) is 2.82. The molecule has 1 aromatic heterocycles. The van der Waals surface area contributed by atoms with E-state index in [0.29, 0.717) is 12.8 Å². The second-order valence-corrected chi connectivity index (χ2v) is 6.48. The van der Waals surface area contributed by atoms with Crippen LogP contribution in [0.25, 0.3) is 0 Å². The molecule has 12 nitrogen and oxygen atoms in total. The third-order valence-corrected chi connectivity index (χ3v) is 4.35. The number of anilines is 1. The van der Waals surface area contributed by atoms with Crippen molar-refractivity contribution < 1.29 is 29.7 Å². The highest BCUT2D eigenvalue weighted by Crippen LogP contribution is 2.27. The minimum absolute atomic E-state index is 0.122. The van der Waals surface area contributed by atoms with Crippen molar-refractivity contribution >= 4 is 17.8 Å². The molecule has 12 heteroatoms. The third kappa shape index (κ3) is 6.34. The molecule has 1 aromatic rings. The van der Waals surface area contributed by atoms with Crippen molar-refractivity contribution in [2.75, 3.05) is 11.9 Å². The highest BCUT2D eigenvalue weighted by molar-refractivity contribution is 5.88. The van der Waals surface area contributed by atoms with Crippen molar-refractivity contribution in [1.82, 2.24) is 20.0 Å². The minimum Gasteiger partial charge on any atom is -0.394 e. The number of hydroxylamine groups is 1. The minimum atomic E-state index is -0.890. The number of aliphatic hydroxyl groups excluding tert-OH is 2. The third-order valence-electron chi connectivity index (χ3n) is 4.35. The van der Waals surface area contributed by atoms with E-state index in [1.807, 2.05) is 0 Å². The molecule has 2 amide bonds. The molecule has 0 aromatic carbocycles. The molecule has 0 unspecified atom stereocenters. The van der Waals surface area contributed by atoms with Gasteiger partial charge in [-0.25, -0.2) is 15.3 Å². The monoisotopic (exact) mass is 399 g/mol. The molecule has 1 fully saturated rings. The zero-order valence-corrected chi connectivity index (χ0v) is 15.3. The number of ether oxygens (including phenoxy) is 1. The van der Waals surface area contributed by atoms with E-state index in [9.17, 15) is 19.5 Å². The Labute approximate surface area is 160 Å². The van der Waals surface area contributed by atoms with Crippen LogP contribution < -0.4 is 16.5 Å². The Kier molecular flexibility index (Phi) is 8.44. The average Bonchev–Trinajstić information content (AvgIpc) is 3.04. The fraction of sp³-hybridized carbons (Fsp3) is 0.688. The van der Waals surface area contributed by atoms with Gasteiger partial charge in [-0.1, -0.05) is 12.8 Å². The lowest BCUT2D eigenvalue weighted by atomic mass is 10.1. The summed E-state index contributed by atoms with van der Waals surface area (Å²) in [6.45, 7) is -0.365. The maximum absolute atomic E-state index is 12.1. The van der Waals surface area contributed by atoms with Crippen LogP contribution in [0.5, 0.6) is 0 Å². The lowest BCUT2D eigenvalue weighted by molar-refractivity contribution is -0.129. The summed E-state index contributed by atoms with van der Waals surface area (Å²) in [5.74, 6) is -0.893. The number of nitrogens with zero attached hydrogens (tertiary/aromatic N) is 3. The molecule has 5 N–H and O–H groups in total. The molecular formula is C16H25N5O7. The number of carbonyl (C=O) groups excluding carboxylic acids is 2. The van der Waals surface area contributed by atoms with Crippen molar-refractivity contribution in [1.29, 1.82) is 0 Å². The highest BCUT2D eigenvalue weighted by Gasteiger charge is 2.35. The van der Waals surface area contributed by atoms with Crippen molar-refractivity contribution in [3.8, 4) is 0 Å². The SMILES string of the molecule is O=C(CCCCCCC(=O)Nc1ncn([C@H]2C[C@H](O)[C@@H](CO)O2)c(=O)n1)NO. The zero-order chi connectivity index (χ0) is 20.5. The Morgan fingerprint density at radius 2 is 1.89 bits per heavy atom. The molecule has 156 valence electrons. The number of hydrogen-bond acceptors (Lipinski definition) is 9. The number of aliphatic hydroxyl groups is 2. The molecule has 0 radical (unpaired) electrons. The topological polar surface area (TPSA) is 176 Å². The van der Waals surface area contributed by atoms with Crippen LogP contribution in [0.3, 0.4) is 0 Å². The summed E-state index contributed by atoms with van der Waals surface area (Å²) in [7, 11) is 0. The van der Waals surface area contributed by atoms with E-state index >= 15 is 0 Å². The summed E-state index contributed by atoms with van der Waals surface area (Å²) in [4.78, 5) is 42.5. The van der Waals surface area contributed by atoms with E-state index in [1.165, 1.54) is 6.33 Å². The van der Waals surface area contributed by atoms with Gasteiger partial charge in [-0.05, 0) is 12.8 Å². The normalized spacial score (nSPS) is 21.5. The van der Waals surface area contributed by atoms with Crippen LogP contribution >= 0.6 is 0 Å². The first-order chi connectivity index (χ1) is 13.4. The smallest absolute Gasteiger partial charge is 0.354 e. The largest absolute Gasteiger partial charge is 0.394 e. The maximum atomic E-state index is 12.1. The van der Waals surface area contributed by atoms with E-state index in [4.69, 9.17) is 15.1 Å². The van der Waals surface area contributed by atoms with Gasteiger partial charge in [0.15, 0.2) is 0 Å². The molecule has 0 aliphatic carbocycles. The molecule has 0 saturated carbocycles. The maximum Gasteiger partial charge on any atom is 0.354 e. The van der Waals surface area contributed by atoms with Gasteiger partial charge in [-0.2, -0.15) is 4.98 Å². The van der Waals surface area contributed by atoms with Gasteiger partial charge in [0.05, 0.1) is 12.7 Å². The van der Waals surface area contributed by atoms with Crippen molar-refractivity contribution in [2.24, 2.45) is 0 Å². The van der Waals surface area contributed by atoms with Gasteiger partial charge in [0, 0.05) is 19.3 Å². The summed E-state index contributed by atoms with van der Waals surface area (Å²) in [5.41, 5.74) is 0.868. The molecule has 1 aliphatic rings. The molecule has 2 heterocycles. The van der Waals surface area contributed by atoms with Gasteiger partial charge < -0.3 is 14.9 Å². The first-order valence-electron chi connectivity index (χ1n) is 9.07. The summed E-state index contributed by atoms with van der Waals surface area (Å²) in [5, 5.41) is 29.6. The molecule has 1 aliphatic heterocycles. The Hall–Kier alpha value is -2.41.